The summed E-state index contributed by atoms with van der Waals surface area (Å²) in [7, 11) is 0. The molecule has 0 unspecified atom stereocenters. The lowest BCUT2D eigenvalue weighted by Gasteiger charge is -2.06. The van der Waals surface area contributed by atoms with E-state index < -0.39 is 5.82 Å². The van der Waals surface area contributed by atoms with Crippen molar-refractivity contribution in [1.82, 2.24) is 4.98 Å². The normalized spacial score (nSPS) is 10.6. The van der Waals surface area contributed by atoms with Crippen LogP contribution in [0.1, 0.15) is 18.9 Å². The molecule has 3 rings (SSSR count). The number of ether oxygens (including phenoxy) is 1. The molecule has 0 aliphatic rings. The average Bonchev–Trinajstić information content (AvgIpc) is 3.12. The Morgan fingerprint density at radius 3 is 2.74 bits per heavy atom. The number of nitrogens with zero attached hydrogens (tertiary/aromatic N) is 1. The number of hydrogen-bond acceptors (Lipinski definition) is 4. The molecule has 0 saturated carbocycles. The molecule has 0 radical (unpaired) electrons. The molecule has 0 bridgehead atoms. The number of benzene rings is 2. The van der Waals surface area contributed by atoms with Gasteiger partial charge in [-0.15, -0.1) is 11.3 Å². The van der Waals surface area contributed by atoms with Crippen LogP contribution in [0, 0.1) is 5.82 Å². The molecule has 0 spiro atoms. The third-order valence-electron chi connectivity index (χ3n) is 3.77. The molecule has 0 atom stereocenters. The van der Waals surface area contributed by atoms with Crippen LogP contribution >= 0.6 is 22.9 Å². The molecule has 0 aliphatic heterocycles. The van der Waals surface area contributed by atoms with E-state index in [1.807, 2.05) is 29.6 Å². The molecule has 1 aromatic heterocycles. The van der Waals surface area contributed by atoms with E-state index in [1.54, 1.807) is 6.07 Å². The Balaban J connectivity index is 1.64. The molecule has 0 fully saturated rings. The van der Waals surface area contributed by atoms with Crippen LogP contribution in [0.3, 0.4) is 0 Å². The molecule has 140 valence electrons. The number of amides is 1. The average molecular weight is 405 g/mol. The van der Waals surface area contributed by atoms with Gasteiger partial charge in [-0.2, -0.15) is 0 Å². The molecule has 7 heteroatoms. The number of nitrogens with one attached hydrogen (secondary N) is 1. The van der Waals surface area contributed by atoms with Crippen molar-refractivity contribution >= 4 is 34.0 Å². The summed E-state index contributed by atoms with van der Waals surface area (Å²) < 4.78 is 19.4. The van der Waals surface area contributed by atoms with Crippen molar-refractivity contribution in [2.24, 2.45) is 0 Å². The molecule has 1 N–H and O–H groups in total. The molecule has 3 aromatic rings. The number of carbonyl (C=O) groups excluding carboxylic acids is 1. The second-order valence-corrected chi connectivity index (χ2v) is 7.10. The molecule has 2 aromatic carbocycles. The minimum Gasteiger partial charge on any atom is -0.494 e. The Kier molecular flexibility index (Phi) is 6.42. The van der Waals surface area contributed by atoms with E-state index in [1.165, 1.54) is 23.5 Å². The van der Waals surface area contributed by atoms with Crippen molar-refractivity contribution in [3.8, 4) is 17.0 Å². The quantitative estimate of drug-likeness (QED) is 0.559. The lowest BCUT2D eigenvalue weighted by molar-refractivity contribution is -0.115. The van der Waals surface area contributed by atoms with Crippen LogP contribution in [-0.4, -0.2) is 17.5 Å². The maximum absolute atomic E-state index is 13.8. The van der Waals surface area contributed by atoms with Crippen LogP contribution in [0.5, 0.6) is 5.75 Å². The molecular weight excluding hydrogens is 387 g/mol. The lowest BCUT2D eigenvalue weighted by atomic mass is 10.1. The van der Waals surface area contributed by atoms with Crippen LogP contribution < -0.4 is 10.1 Å². The molecule has 0 saturated heterocycles. The second kappa shape index (κ2) is 8.97. The maximum Gasteiger partial charge on any atom is 0.230 e. The standard InChI is InChI=1S/C20H18ClFN2O2S/c1-2-10-26-14-8-6-13(7-9-14)18-12-27-20(23-18)24-19(25)11-15-16(21)4-3-5-17(15)22/h3-9,12H,2,10-11H2,1H3,(H,23,24,25). The first kappa shape index (κ1) is 19.3. The highest BCUT2D eigenvalue weighted by molar-refractivity contribution is 7.14. The van der Waals surface area contributed by atoms with Gasteiger partial charge < -0.3 is 10.1 Å². The van der Waals surface area contributed by atoms with Gasteiger partial charge in [-0.3, -0.25) is 4.79 Å². The molecule has 1 heterocycles. The minimum absolute atomic E-state index is 0.149. The van der Waals surface area contributed by atoms with E-state index in [0.717, 1.165) is 23.4 Å². The van der Waals surface area contributed by atoms with Crippen molar-refractivity contribution in [2.45, 2.75) is 19.8 Å². The van der Waals surface area contributed by atoms with Gasteiger partial charge in [-0.25, -0.2) is 9.37 Å². The summed E-state index contributed by atoms with van der Waals surface area (Å²) in [4.78, 5) is 16.6. The highest BCUT2D eigenvalue weighted by Gasteiger charge is 2.14. The predicted molar refractivity (Wildman–Crippen MR) is 107 cm³/mol. The van der Waals surface area contributed by atoms with E-state index in [-0.39, 0.29) is 22.9 Å². The molecule has 1 amide bonds. The number of rotatable bonds is 7. The summed E-state index contributed by atoms with van der Waals surface area (Å²) in [6, 6.07) is 12.0. The summed E-state index contributed by atoms with van der Waals surface area (Å²) >= 11 is 7.27. The predicted octanol–water partition coefficient (Wildman–Crippen LogP) is 5.57. The Bertz CT molecular complexity index is 908. The van der Waals surface area contributed by atoms with Gasteiger partial charge in [0.15, 0.2) is 5.13 Å². The van der Waals surface area contributed by atoms with E-state index in [4.69, 9.17) is 16.3 Å². The van der Waals surface area contributed by atoms with E-state index in [2.05, 4.69) is 17.2 Å². The lowest BCUT2D eigenvalue weighted by Crippen LogP contribution is -2.15. The smallest absolute Gasteiger partial charge is 0.230 e. The van der Waals surface area contributed by atoms with Crippen molar-refractivity contribution in [3.63, 3.8) is 0 Å². The molecular formula is C20H18ClFN2O2S. The van der Waals surface area contributed by atoms with Gasteiger partial charge >= 0.3 is 0 Å². The van der Waals surface area contributed by atoms with Crippen molar-refractivity contribution in [2.75, 3.05) is 11.9 Å². The highest BCUT2D eigenvalue weighted by atomic mass is 35.5. The summed E-state index contributed by atoms with van der Waals surface area (Å²) in [5, 5.41) is 5.23. The third kappa shape index (κ3) is 5.05. The second-order valence-electron chi connectivity index (χ2n) is 5.84. The molecule has 4 nitrogen and oxygen atoms in total. The fraction of sp³-hybridized carbons (Fsp3) is 0.200. The number of hydrogen-bond donors (Lipinski definition) is 1. The topological polar surface area (TPSA) is 51.2 Å². The molecule has 0 aliphatic carbocycles. The number of carbonyl (C=O) groups is 1. The van der Waals surface area contributed by atoms with Crippen LogP contribution in [0.15, 0.2) is 47.8 Å². The Hall–Kier alpha value is -2.44. The van der Waals surface area contributed by atoms with Crippen molar-refractivity contribution in [3.05, 3.63) is 64.2 Å². The van der Waals surface area contributed by atoms with E-state index in [9.17, 15) is 9.18 Å². The van der Waals surface area contributed by atoms with Crippen molar-refractivity contribution in [1.29, 1.82) is 0 Å². The first-order valence-electron chi connectivity index (χ1n) is 8.48. The zero-order chi connectivity index (χ0) is 19.2. The first-order chi connectivity index (χ1) is 13.1. The number of aromatic nitrogens is 1. The van der Waals surface area contributed by atoms with Gasteiger partial charge in [-0.1, -0.05) is 24.6 Å². The van der Waals surface area contributed by atoms with E-state index >= 15 is 0 Å². The van der Waals surface area contributed by atoms with Gasteiger partial charge in [0, 0.05) is 21.5 Å². The summed E-state index contributed by atoms with van der Waals surface area (Å²) in [5.74, 6) is -0.0554. The van der Waals surface area contributed by atoms with Gasteiger partial charge in [-0.05, 0) is 42.8 Å². The summed E-state index contributed by atoms with van der Waals surface area (Å²) in [6.07, 6.45) is 0.804. The van der Waals surface area contributed by atoms with Gasteiger partial charge in [0.25, 0.3) is 0 Å². The Morgan fingerprint density at radius 1 is 1.26 bits per heavy atom. The highest BCUT2D eigenvalue weighted by Crippen LogP contribution is 2.27. The van der Waals surface area contributed by atoms with Crippen LogP contribution in [0.2, 0.25) is 5.02 Å². The van der Waals surface area contributed by atoms with E-state index in [0.29, 0.717) is 11.7 Å². The maximum atomic E-state index is 13.8. The monoisotopic (exact) mass is 404 g/mol. The largest absolute Gasteiger partial charge is 0.494 e. The first-order valence-corrected chi connectivity index (χ1v) is 9.74. The number of anilines is 1. The fourth-order valence-electron chi connectivity index (χ4n) is 2.43. The number of thiazole rings is 1. The fourth-order valence-corrected chi connectivity index (χ4v) is 3.40. The summed E-state index contributed by atoms with van der Waals surface area (Å²) in [6.45, 7) is 2.73. The minimum atomic E-state index is -0.497. The number of halogens is 2. The van der Waals surface area contributed by atoms with Gasteiger partial charge in [0.05, 0.1) is 18.7 Å². The van der Waals surface area contributed by atoms with Crippen LogP contribution in [0.4, 0.5) is 9.52 Å². The third-order valence-corrected chi connectivity index (χ3v) is 4.88. The zero-order valence-electron chi connectivity index (χ0n) is 14.7. The van der Waals surface area contributed by atoms with Gasteiger partial charge in [0.2, 0.25) is 5.91 Å². The Labute approximate surface area is 166 Å². The summed E-state index contributed by atoms with van der Waals surface area (Å²) in [5.41, 5.74) is 1.85. The van der Waals surface area contributed by atoms with Crippen LogP contribution in [0.25, 0.3) is 11.3 Å². The molecule has 27 heavy (non-hydrogen) atoms. The van der Waals surface area contributed by atoms with Crippen LogP contribution in [-0.2, 0) is 11.2 Å². The SMILES string of the molecule is CCCOc1ccc(-c2csc(NC(=O)Cc3c(F)cccc3Cl)n2)cc1. The Morgan fingerprint density at radius 2 is 2.04 bits per heavy atom. The van der Waals surface area contributed by atoms with Crippen molar-refractivity contribution < 1.29 is 13.9 Å². The van der Waals surface area contributed by atoms with Gasteiger partial charge in [0.1, 0.15) is 11.6 Å². The zero-order valence-corrected chi connectivity index (χ0v) is 16.2.